The van der Waals surface area contributed by atoms with E-state index in [0.717, 1.165) is 16.2 Å². The highest BCUT2D eigenvalue weighted by atomic mass is 32.2. The van der Waals surface area contributed by atoms with E-state index in [4.69, 9.17) is 5.26 Å². The third-order valence-corrected chi connectivity index (χ3v) is 4.41. The lowest BCUT2D eigenvalue weighted by atomic mass is 10.1. The highest BCUT2D eigenvalue weighted by molar-refractivity contribution is 7.98. The van der Waals surface area contributed by atoms with Crippen LogP contribution in [0.3, 0.4) is 0 Å². The molecule has 2 aromatic rings. The molecule has 2 aromatic carbocycles. The van der Waals surface area contributed by atoms with E-state index >= 15 is 0 Å². The number of thioether (sulfide) groups is 1. The Bertz CT molecular complexity index is 666. The first-order chi connectivity index (χ1) is 9.99. The molecule has 0 aromatic heterocycles. The van der Waals surface area contributed by atoms with Crippen LogP contribution < -0.4 is 0 Å². The number of aliphatic hydroxyl groups is 1. The third-order valence-electron chi connectivity index (χ3n) is 3.27. The maximum atomic E-state index is 9.86. The fourth-order valence-electron chi connectivity index (χ4n) is 2.39. The second kappa shape index (κ2) is 6.80. The van der Waals surface area contributed by atoms with Gasteiger partial charge in [-0.3, -0.25) is 0 Å². The molecule has 1 atom stereocenters. The Hall–Kier alpha value is -1.76. The fourth-order valence-corrected chi connectivity index (χ4v) is 3.49. The first-order valence-corrected chi connectivity index (χ1v) is 7.90. The van der Waals surface area contributed by atoms with Gasteiger partial charge in [-0.05, 0) is 44.0 Å². The Morgan fingerprint density at radius 1 is 1.14 bits per heavy atom. The van der Waals surface area contributed by atoms with Crippen molar-refractivity contribution in [3.8, 4) is 6.07 Å². The van der Waals surface area contributed by atoms with Gasteiger partial charge in [0.2, 0.25) is 0 Å². The van der Waals surface area contributed by atoms with Crippen LogP contribution >= 0.6 is 11.8 Å². The van der Waals surface area contributed by atoms with Crippen LogP contribution in [0.4, 0.5) is 0 Å². The van der Waals surface area contributed by atoms with E-state index in [1.165, 1.54) is 16.7 Å². The van der Waals surface area contributed by atoms with E-state index in [1.807, 2.05) is 12.1 Å². The zero-order valence-electron chi connectivity index (χ0n) is 12.6. The molecule has 1 N–H and O–H groups in total. The molecule has 0 bridgehead atoms. The van der Waals surface area contributed by atoms with Gasteiger partial charge < -0.3 is 5.11 Å². The Kier molecular flexibility index (Phi) is 5.06. The van der Waals surface area contributed by atoms with Crippen molar-refractivity contribution in [2.75, 3.05) is 0 Å². The minimum absolute atomic E-state index is 0.528. The summed E-state index contributed by atoms with van der Waals surface area (Å²) in [6.07, 6.45) is -0.528. The van der Waals surface area contributed by atoms with Crippen molar-refractivity contribution in [2.45, 2.75) is 37.5 Å². The molecule has 0 fully saturated rings. The number of aryl methyl sites for hydroxylation is 2. The quantitative estimate of drug-likeness (QED) is 0.844. The standard InChI is InChI=1S/C18H19NOS/c1-12-6-13(2)8-16(7-12)11-21-18-9-15(10-19)4-5-17(18)14(3)20/h4-9,14,20H,11H2,1-3H3/t14-/m0/s1. The van der Waals surface area contributed by atoms with E-state index in [9.17, 15) is 5.11 Å². The van der Waals surface area contributed by atoms with Crippen LogP contribution in [-0.4, -0.2) is 5.11 Å². The van der Waals surface area contributed by atoms with Gasteiger partial charge in [-0.15, -0.1) is 11.8 Å². The number of nitriles is 1. The molecule has 2 rings (SSSR count). The van der Waals surface area contributed by atoms with Gasteiger partial charge in [0, 0.05) is 10.6 Å². The Morgan fingerprint density at radius 2 is 1.81 bits per heavy atom. The average Bonchev–Trinajstić information content (AvgIpc) is 2.43. The molecule has 0 aliphatic rings. The number of benzene rings is 2. The predicted molar refractivity (Wildman–Crippen MR) is 87.3 cm³/mol. The fraction of sp³-hybridized carbons (Fsp3) is 0.278. The first kappa shape index (κ1) is 15.6. The zero-order valence-corrected chi connectivity index (χ0v) is 13.4. The second-order valence-electron chi connectivity index (χ2n) is 5.33. The minimum Gasteiger partial charge on any atom is -0.389 e. The lowest BCUT2D eigenvalue weighted by Crippen LogP contribution is -1.95. The molecule has 0 aliphatic heterocycles. The molecule has 3 heteroatoms. The maximum absolute atomic E-state index is 9.86. The van der Waals surface area contributed by atoms with Gasteiger partial charge in [0.05, 0.1) is 17.7 Å². The molecule has 0 unspecified atom stereocenters. The van der Waals surface area contributed by atoms with Crippen LogP contribution in [0.5, 0.6) is 0 Å². The van der Waals surface area contributed by atoms with Crippen LogP contribution in [0.25, 0.3) is 0 Å². The predicted octanol–water partition coefficient (Wildman–Crippen LogP) is 4.52. The molecule has 108 valence electrons. The van der Waals surface area contributed by atoms with E-state index < -0.39 is 6.10 Å². The van der Waals surface area contributed by atoms with Gasteiger partial charge in [0.15, 0.2) is 0 Å². The normalized spacial score (nSPS) is 12.0. The molecule has 0 spiro atoms. The van der Waals surface area contributed by atoms with Gasteiger partial charge in [-0.2, -0.15) is 5.26 Å². The number of nitrogens with zero attached hydrogens (tertiary/aromatic N) is 1. The lowest BCUT2D eigenvalue weighted by molar-refractivity contribution is 0.196. The number of hydrogen-bond donors (Lipinski definition) is 1. The van der Waals surface area contributed by atoms with Crippen molar-refractivity contribution < 1.29 is 5.11 Å². The molecule has 21 heavy (non-hydrogen) atoms. The second-order valence-corrected chi connectivity index (χ2v) is 6.34. The molecule has 0 saturated carbocycles. The summed E-state index contributed by atoms with van der Waals surface area (Å²) in [6, 6.07) is 14.1. The summed E-state index contributed by atoms with van der Waals surface area (Å²) in [5, 5.41) is 18.9. The first-order valence-electron chi connectivity index (χ1n) is 6.91. The van der Waals surface area contributed by atoms with Crippen molar-refractivity contribution in [1.82, 2.24) is 0 Å². The maximum Gasteiger partial charge on any atom is 0.0992 e. The third kappa shape index (κ3) is 4.10. The molecule has 0 heterocycles. The van der Waals surface area contributed by atoms with Crippen molar-refractivity contribution in [3.05, 3.63) is 64.2 Å². The highest BCUT2D eigenvalue weighted by Crippen LogP contribution is 2.31. The summed E-state index contributed by atoms with van der Waals surface area (Å²) in [4.78, 5) is 0.975. The van der Waals surface area contributed by atoms with Gasteiger partial charge in [-0.1, -0.05) is 35.4 Å². The van der Waals surface area contributed by atoms with Gasteiger partial charge in [0.25, 0.3) is 0 Å². The largest absolute Gasteiger partial charge is 0.389 e. The summed E-state index contributed by atoms with van der Waals surface area (Å²) in [5.74, 6) is 0.830. The van der Waals surface area contributed by atoms with Gasteiger partial charge >= 0.3 is 0 Å². The molecule has 0 amide bonds. The monoisotopic (exact) mass is 297 g/mol. The van der Waals surface area contributed by atoms with E-state index in [-0.39, 0.29) is 0 Å². The van der Waals surface area contributed by atoms with Crippen LogP contribution in [0.15, 0.2) is 41.3 Å². The minimum atomic E-state index is -0.528. The molecular formula is C18H19NOS. The zero-order chi connectivity index (χ0) is 15.4. The van der Waals surface area contributed by atoms with Crippen molar-refractivity contribution >= 4 is 11.8 Å². The van der Waals surface area contributed by atoms with Crippen molar-refractivity contribution in [3.63, 3.8) is 0 Å². The molecule has 0 radical (unpaired) electrons. The molecule has 2 nitrogen and oxygen atoms in total. The number of hydrogen-bond acceptors (Lipinski definition) is 3. The molecular weight excluding hydrogens is 278 g/mol. The lowest BCUT2D eigenvalue weighted by Gasteiger charge is -2.12. The summed E-state index contributed by atoms with van der Waals surface area (Å²) in [6.45, 7) is 5.94. The highest BCUT2D eigenvalue weighted by Gasteiger charge is 2.10. The SMILES string of the molecule is Cc1cc(C)cc(CSc2cc(C#N)ccc2[C@H](C)O)c1. The topological polar surface area (TPSA) is 44.0 Å². The summed E-state index contributed by atoms with van der Waals surface area (Å²) in [5.41, 5.74) is 5.28. The van der Waals surface area contributed by atoms with Crippen LogP contribution in [0.2, 0.25) is 0 Å². The van der Waals surface area contributed by atoms with Gasteiger partial charge in [0.1, 0.15) is 0 Å². The number of aliphatic hydroxyl groups excluding tert-OH is 1. The van der Waals surface area contributed by atoms with E-state index in [2.05, 4.69) is 38.1 Å². The molecule has 0 saturated heterocycles. The number of rotatable bonds is 4. The smallest absolute Gasteiger partial charge is 0.0992 e. The van der Waals surface area contributed by atoms with Crippen molar-refractivity contribution in [2.24, 2.45) is 0 Å². The van der Waals surface area contributed by atoms with E-state index in [0.29, 0.717) is 5.56 Å². The Labute approximate surface area is 130 Å². The van der Waals surface area contributed by atoms with Crippen LogP contribution in [-0.2, 0) is 5.75 Å². The average molecular weight is 297 g/mol. The van der Waals surface area contributed by atoms with E-state index in [1.54, 1.807) is 24.8 Å². The van der Waals surface area contributed by atoms with Crippen LogP contribution in [0.1, 0.15) is 40.8 Å². The Morgan fingerprint density at radius 3 is 2.38 bits per heavy atom. The summed E-state index contributed by atoms with van der Waals surface area (Å²) in [7, 11) is 0. The Balaban J connectivity index is 2.24. The summed E-state index contributed by atoms with van der Waals surface area (Å²) < 4.78 is 0. The van der Waals surface area contributed by atoms with Gasteiger partial charge in [-0.25, -0.2) is 0 Å². The summed E-state index contributed by atoms with van der Waals surface area (Å²) >= 11 is 1.66. The van der Waals surface area contributed by atoms with Crippen molar-refractivity contribution in [1.29, 1.82) is 5.26 Å². The van der Waals surface area contributed by atoms with Crippen LogP contribution in [0, 0.1) is 25.2 Å². The molecule has 0 aliphatic carbocycles.